The predicted octanol–water partition coefficient (Wildman–Crippen LogP) is 2.25. The number of thiophene rings is 1. The third-order valence-electron chi connectivity index (χ3n) is 4.24. The molecule has 2 aromatic rings. The summed E-state index contributed by atoms with van der Waals surface area (Å²) in [5.74, 6) is -0.975. The maximum atomic E-state index is 12.7. The normalized spacial score (nSPS) is 17.8. The number of aliphatic carboxylic acids is 1. The largest absolute Gasteiger partial charge is 0.481 e. The highest BCUT2D eigenvalue weighted by atomic mass is 32.1. The number of hydrogen-bond acceptors (Lipinski definition) is 5. The van der Waals surface area contributed by atoms with Crippen LogP contribution in [0.2, 0.25) is 0 Å². The van der Waals surface area contributed by atoms with Gasteiger partial charge in [0, 0.05) is 23.9 Å². The van der Waals surface area contributed by atoms with Crippen molar-refractivity contribution in [2.24, 2.45) is 0 Å². The topological polar surface area (TPSA) is 88.3 Å². The van der Waals surface area contributed by atoms with E-state index in [0.717, 1.165) is 24.1 Å². The van der Waals surface area contributed by atoms with Crippen molar-refractivity contribution >= 4 is 23.2 Å². The third kappa shape index (κ3) is 4.00. The Morgan fingerprint density at radius 3 is 3.00 bits per heavy atom. The Morgan fingerprint density at radius 2 is 2.25 bits per heavy atom. The lowest BCUT2D eigenvalue weighted by Gasteiger charge is -2.35. The first-order chi connectivity index (χ1) is 11.6. The van der Waals surface area contributed by atoms with E-state index >= 15 is 0 Å². The Hall–Kier alpha value is -2.22. The highest BCUT2D eigenvalue weighted by Gasteiger charge is 2.29. The lowest BCUT2D eigenvalue weighted by Crippen LogP contribution is -2.44. The highest BCUT2D eigenvalue weighted by Crippen LogP contribution is 2.22. The summed E-state index contributed by atoms with van der Waals surface area (Å²) in [5, 5.41) is 18.9. The van der Waals surface area contributed by atoms with E-state index < -0.39 is 5.97 Å². The van der Waals surface area contributed by atoms with Gasteiger partial charge in [-0.25, -0.2) is 4.68 Å². The van der Waals surface area contributed by atoms with Crippen molar-refractivity contribution in [2.45, 2.75) is 44.7 Å². The molecular formula is C16H20N4O3S. The second kappa shape index (κ2) is 7.57. The number of carboxylic acid groups (broad SMARTS) is 1. The summed E-state index contributed by atoms with van der Waals surface area (Å²) in [7, 11) is 0. The fourth-order valence-corrected chi connectivity index (χ4v) is 3.74. The van der Waals surface area contributed by atoms with E-state index in [-0.39, 0.29) is 18.4 Å². The van der Waals surface area contributed by atoms with Gasteiger partial charge in [-0.2, -0.15) is 0 Å². The zero-order chi connectivity index (χ0) is 16.9. The van der Waals surface area contributed by atoms with Gasteiger partial charge in [0.25, 0.3) is 5.91 Å². The first-order valence-electron chi connectivity index (χ1n) is 8.09. The maximum absolute atomic E-state index is 12.7. The van der Waals surface area contributed by atoms with Crippen molar-refractivity contribution in [3.05, 3.63) is 34.3 Å². The third-order valence-corrected chi connectivity index (χ3v) is 5.10. The average Bonchev–Trinajstić information content (AvgIpc) is 3.25. The van der Waals surface area contributed by atoms with Crippen LogP contribution in [0.5, 0.6) is 0 Å². The van der Waals surface area contributed by atoms with Gasteiger partial charge in [-0.15, -0.1) is 16.4 Å². The molecule has 7 nitrogen and oxygen atoms in total. The number of hydrogen-bond donors (Lipinski definition) is 1. The van der Waals surface area contributed by atoms with E-state index in [1.807, 2.05) is 17.5 Å². The molecule has 1 aliphatic heterocycles. The van der Waals surface area contributed by atoms with Crippen LogP contribution in [0.1, 0.15) is 47.5 Å². The fourth-order valence-electron chi connectivity index (χ4n) is 3.04. The molecule has 0 saturated carbocycles. The van der Waals surface area contributed by atoms with Crippen molar-refractivity contribution < 1.29 is 14.7 Å². The minimum atomic E-state index is -0.824. The number of aromatic nitrogens is 3. The van der Waals surface area contributed by atoms with Crippen LogP contribution in [0.15, 0.2) is 23.7 Å². The molecule has 3 heterocycles. The molecule has 0 aliphatic carbocycles. The highest BCUT2D eigenvalue weighted by molar-refractivity contribution is 7.09. The van der Waals surface area contributed by atoms with E-state index in [2.05, 4.69) is 10.3 Å². The molecular weight excluding hydrogens is 328 g/mol. The first-order valence-corrected chi connectivity index (χ1v) is 8.97. The molecule has 1 atom stereocenters. The second-order valence-electron chi connectivity index (χ2n) is 5.96. The van der Waals surface area contributed by atoms with Crippen LogP contribution in [-0.2, 0) is 11.3 Å². The summed E-state index contributed by atoms with van der Waals surface area (Å²) in [6, 6.07) is 3.97. The first kappa shape index (κ1) is 16.6. The number of piperidine rings is 1. The molecule has 3 rings (SSSR count). The molecule has 2 aromatic heterocycles. The van der Waals surface area contributed by atoms with Gasteiger partial charge in [0.1, 0.15) is 0 Å². The summed E-state index contributed by atoms with van der Waals surface area (Å²) in [6.45, 7) is 1.25. The average molecular weight is 348 g/mol. The van der Waals surface area contributed by atoms with Gasteiger partial charge in [0.05, 0.1) is 12.7 Å². The van der Waals surface area contributed by atoms with Crippen LogP contribution in [0.4, 0.5) is 0 Å². The number of nitrogens with zero attached hydrogens (tertiary/aromatic N) is 4. The second-order valence-corrected chi connectivity index (χ2v) is 6.99. The molecule has 0 spiro atoms. The summed E-state index contributed by atoms with van der Waals surface area (Å²) in [5.41, 5.74) is 0.328. The monoisotopic (exact) mass is 348 g/mol. The van der Waals surface area contributed by atoms with Crippen molar-refractivity contribution in [1.82, 2.24) is 19.9 Å². The number of carboxylic acids is 1. The number of amides is 1. The molecule has 1 N–H and O–H groups in total. The van der Waals surface area contributed by atoms with Crippen LogP contribution < -0.4 is 0 Å². The zero-order valence-electron chi connectivity index (χ0n) is 13.3. The molecule has 1 amide bonds. The van der Waals surface area contributed by atoms with E-state index in [9.17, 15) is 9.59 Å². The number of rotatable bonds is 6. The van der Waals surface area contributed by atoms with Gasteiger partial charge < -0.3 is 10.0 Å². The van der Waals surface area contributed by atoms with E-state index in [1.165, 1.54) is 0 Å². The summed E-state index contributed by atoms with van der Waals surface area (Å²) < 4.78 is 1.66. The van der Waals surface area contributed by atoms with Crippen LogP contribution in [0.25, 0.3) is 0 Å². The molecule has 1 saturated heterocycles. The lowest BCUT2D eigenvalue weighted by molar-refractivity contribution is -0.137. The molecule has 1 unspecified atom stereocenters. The van der Waals surface area contributed by atoms with E-state index in [1.54, 1.807) is 27.1 Å². The number of likely N-dealkylation sites (tertiary alicyclic amines) is 1. The molecule has 0 radical (unpaired) electrons. The van der Waals surface area contributed by atoms with Crippen LogP contribution in [-0.4, -0.2) is 49.5 Å². The summed E-state index contributed by atoms with van der Waals surface area (Å²) in [6.07, 6.45) is 5.06. The quantitative estimate of drug-likeness (QED) is 0.865. The molecule has 8 heteroatoms. The lowest BCUT2D eigenvalue weighted by atomic mass is 9.97. The van der Waals surface area contributed by atoms with Crippen molar-refractivity contribution in [1.29, 1.82) is 0 Å². The van der Waals surface area contributed by atoms with Gasteiger partial charge in [-0.3, -0.25) is 9.59 Å². The predicted molar refractivity (Wildman–Crippen MR) is 89.0 cm³/mol. The van der Waals surface area contributed by atoms with Gasteiger partial charge in [0.2, 0.25) is 0 Å². The molecule has 1 fully saturated rings. The molecule has 128 valence electrons. The Kier molecular flexibility index (Phi) is 5.24. The van der Waals surface area contributed by atoms with Gasteiger partial charge in [-0.05, 0) is 37.1 Å². The molecule has 0 bridgehead atoms. The van der Waals surface area contributed by atoms with Gasteiger partial charge in [-0.1, -0.05) is 11.3 Å². The summed E-state index contributed by atoms with van der Waals surface area (Å²) in [4.78, 5) is 26.5. The Morgan fingerprint density at radius 1 is 1.38 bits per heavy atom. The van der Waals surface area contributed by atoms with Crippen molar-refractivity contribution in [2.75, 3.05) is 6.54 Å². The zero-order valence-corrected chi connectivity index (χ0v) is 14.1. The maximum Gasteiger partial charge on any atom is 0.303 e. The fraction of sp³-hybridized carbons (Fsp3) is 0.500. The SMILES string of the molecule is O=C(O)CCC1CCCCN1C(=O)c1cn(Cc2cccs2)nn1. The van der Waals surface area contributed by atoms with Crippen molar-refractivity contribution in [3.63, 3.8) is 0 Å². The van der Waals surface area contributed by atoms with Crippen molar-refractivity contribution in [3.8, 4) is 0 Å². The molecule has 0 aromatic carbocycles. The van der Waals surface area contributed by atoms with Gasteiger partial charge >= 0.3 is 5.97 Å². The number of carbonyl (C=O) groups excluding carboxylic acids is 1. The summed E-state index contributed by atoms with van der Waals surface area (Å²) >= 11 is 1.63. The van der Waals surface area contributed by atoms with Gasteiger partial charge in [0.15, 0.2) is 5.69 Å². The standard InChI is InChI=1S/C16H20N4O3S/c21-15(22)7-6-12-4-1-2-8-20(12)16(23)14-11-19(18-17-14)10-13-5-3-9-24-13/h3,5,9,11-12H,1-2,4,6-8,10H2,(H,21,22). The Balaban J connectivity index is 1.67. The van der Waals surface area contributed by atoms with E-state index in [4.69, 9.17) is 5.11 Å². The van der Waals surface area contributed by atoms with Crippen LogP contribution >= 0.6 is 11.3 Å². The minimum Gasteiger partial charge on any atom is -0.481 e. The van der Waals surface area contributed by atoms with E-state index in [0.29, 0.717) is 25.2 Å². The molecule has 1 aliphatic rings. The molecule has 24 heavy (non-hydrogen) atoms. The van der Waals surface area contributed by atoms with Crippen LogP contribution in [0, 0.1) is 0 Å². The Bertz CT molecular complexity index is 698. The number of carbonyl (C=O) groups is 2. The minimum absolute atomic E-state index is 0.0233. The Labute approximate surface area is 143 Å². The van der Waals surface area contributed by atoms with Crippen LogP contribution in [0.3, 0.4) is 0 Å². The smallest absolute Gasteiger partial charge is 0.303 e.